The summed E-state index contributed by atoms with van der Waals surface area (Å²) in [7, 11) is 1.83. The molecule has 0 saturated heterocycles. The van der Waals surface area contributed by atoms with E-state index in [-0.39, 0.29) is 5.91 Å². The predicted octanol–water partition coefficient (Wildman–Crippen LogP) is 3.46. The largest absolute Gasteiger partial charge is 0.340 e. The van der Waals surface area contributed by atoms with Crippen LogP contribution in [0.4, 0.5) is 0 Å². The standard InChI is InChI=1S/C12H15N3OS4/c1-3-17-11-13-14-12(20-11)19-8-10(16)15(2)7-9-5-4-6-18-9/h4-6H,3,7-8H2,1-2H3. The van der Waals surface area contributed by atoms with Gasteiger partial charge in [-0.25, -0.2) is 0 Å². The number of aromatic nitrogens is 2. The molecule has 0 aliphatic heterocycles. The van der Waals surface area contributed by atoms with Crippen LogP contribution in [0.25, 0.3) is 0 Å². The van der Waals surface area contributed by atoms with Gasteiger partial charge in [-0.1, -0.05) is 47.9 Å². The van der Waals surface area contributed by atoms with E-state index in [1.165, 1.54) is 16.6 Å². The lowest BCUT2D eigenvalue weighted by Crippen LogP contribution is -2.27. The van der Waals surface area contributed by atoms with E-state index in [0.29, 0.717) is 12.3 Å². The normalized spacial score (nSPS) is 10.7. The minimum atomic E-state index is 0.114. The van der Waals surface area contributed by atoms with Crippen molar-refractivity contribution in [3.8, 4) is 0 Å². The summed E-state index contributed by atoms with van der Waals surface area (Å²) in [6.45, 7) is 2.76. The highest BCUT2D eigenvalue weighted by molar-refractivity contribution is 8.03. The van der Waals surface area contributed by atoms with Crippen molar-refractivity contribution in [3.63, 3.8) is 0 Å². The van der Waals surface area contributed by atoms with Gasteiger partial charge in [0.15, 0.2) is 8.68 Å². The number of hydrogen-bond acceptors (Lipinski definition) is 7. The van der Waals surface area contributed by atoms with Crippen molar-refractivity contribution in [2.75, 3.05) is 18.6 Å². The Morgan fingerprint density at radius 1 is 1.35 bits per heavy atom. The Morgan fingerprint density at radius 2 is 2.10 bits per heavy atom. The van der Waals surface area contributed by atoms with Gasteiger partial charge >= 0.3 is 0 Å². The fourth-order valence-electron chi connectivity index (χ4n) is 1.40. The summed E-state index contributed by atoms with van der Waals surface area (Å²) in [5.74, 6) is 1.51. The summed E-state index contributed by atoms with van der Waals surface area (Å²) in [6, 6.07) is 4.04. The quantitative estimate of drug-likeness (QED) is 0.719. The number of thioether (sulfide) groups is 2. The number of carbonyl (C=O) groups is 1. The van der Waals surface area contributed by atoms with Crippen LogP contribution in [0.3, 0.4) is 0 Å². The van der Waals surface area contributed by atoms with Crippen molar-refractivity contribution in [2.45, 2.75) is 22.1 Å². The third kappa shape index (κ3) is 4.76. The van der Waals surface area contributed by atoms with E-state index >= 15 is 0 Å². The van der Waals surface area contributed by atoms with E-state index in [0.717, 1.165) is 14.4 Å². The van der Waals surface area contributed by atoms with Crippen molar-refractivity contribution in [2.24, 2.45) is 0 Å². The average Bonchev–Trinajstić information content (AvgIpc) is 3.08. The van der Waals surface area contributed by atoms with E-state index in [4.69, 9.17) is 0 Å². The van der Waals surface area contributed by atoms with Gasteiger partial charge in [0, 0.05) is 11.9 Å². The molecule has 2 heterocycles. The molecule has 0 aliphatic carbocycles. The van der Waals surface area contributed by atoms with Crippen molar-refractivity contribution in [3.05, 3.63) is 22.4 Å². The van der Waals surface area contributed by atoms with E-state index in [1.54, 1.807) is 39.3 Å². The van der Waals surface area contributed by atoms with Crippen molar-refractivity contribution >= 4 is 52.1 Å². The predicted molar refractivity (Wildman–Crippen MR) is 87.8 cm³/mol. The zero-order chi connectivity index (χ0) is 14.4. The third-order valence-electron chi connectivity index (χ3n) is 2.37. The summed E-state index contributed by atoms with van der Waals surface area (Å²) < 4.78 is 1.83. The van der Waals surface area contributed by atoms with Crippen LogP contribution in [-0.2, 0) is 11.3 Å². The number of amides is 1. The first-order valence-corrected chi connectivity index (χ1v) is 9.71. The van der Waals surface area contributed by atoms with Crippen molar-refractivity contribution in [1.29, 1.82) is 0 Å². The van der Waals surface area contributed by atoms with Gasteiger partial charge in [-0.05, 0) is 17.2 Å². The lowest BCUT2D eigenvalue weighted by Gasteiger charge is -2.15. The molecule has 2 rings (SSSR count). The smallest absolute Gasteiger partial charge is 0.233 e. The molecular formula is C12H15N3OS4. The highest BCUT2D eigenvalue weighted by Crippen LogP contribution is 2.28. The summed E-state index contributed by atoms with van der Waals surface area (Å²) in [5.41, 5.74) is 0. The lowest BCUT2D eigenvalue weighted by molar-refractivity contribution is -0.127. The molecule has 0 N–H and O–H groups in total. The van der Waals surface area contributed by atoms with Gasteiger partial charge in [-0.3, -0.25) is 4.79 Å². The molecule has 2 aromatic rings. The summed E-state index contributed by atoms with van der Waals surface area (Å²) >= 11 is 6.36. The van der Waals surface area contributed by atoms with Crippen LogP contribution < -0.4 is 0 Å². The van der Waals surface area contributed by atoms with Crippen LogP contribution in [0, 0.1) is 0 Å². The number of carbonyl (C=O) groups excluding carboxylic acids is 1. The van der Waals surface area contributed by atoms with Crippen molar-refractivity contribution < 1.29 is 4.79 Å². The van der Waals surface area contributed by atoms with Crippen LogP contribution in [0.15, 0.2) is 26.2 Å². The minimum absolute atomic E-state index is 0.114. The first kappa shape index (κ1) is 15.8. The molecule has 0 aromatic carbocycles. The molecular weight excluding hydrogens is 330 g/mol. The molecule has 20 heavy (non-hydrogen) atoms. The van der Waals surface area contributed by atoms with E-state index in [2.05, 4.69) is 17.1 Å². The Hall–Kier alpha value is -0.570. The second kappa shape index (κ2) is 8.02. The molecule has 2 aromatic heterocycles. The SMILES string of the molecule is CCSc1nnc(SCC(=O)N(C)Cc2cccs2)s1. The number of hydrogen-bond donors (Lipinski definition) is 0. The van der Waals surface area contributed by atoms with Gasteiger partial charge in [-0.2, -0.15) is 0 Å². The first-order valence-electron chi connectivity index (χ1n) is 6.04. The Kier molecular flexibility index (Phi) is 6.34. The number of rotatable bonds is 7. The second-order valence-corrected chi connectivity index (χ2v) is 8.63. The summed E-state index contributed by atoms with van der Waals surface area (Å²) in [5, 5.41) is 10.2. The minimum Gasteiger partial charge on any atom is -0.340 e. The second-order valence-electron chi connectivity index (χ2n) is 3.88. The van der Waals surface area contributed by atoms with E-state index < -0.39 is 0 Å². The molecule has 108 valence electrons. The fraction of sp³-hybridized carbons (Fsp3) is 0.417. The molecule has 0 radical (unpaired) electrons. The number of thiophene rings is 1. The molecule has 0 atom stereocenters. The topological polar surface area (TPSA) is 46.1 Å². The third-order valence-corrected chi connectivity index (χ3v) is 6.29. The fourth-order valence-corrected chi connectivity index (χ4v) is 5.01. The van der Waals surface area contributed by atoms with Crippen LogP contribution in [0.5, 0.6) is 0 Å². The molecule has 0 bridgehead atoms. The molecule has 0 unspecified atom stereocenters. The molecule has 0 aliphatic rings. The van der Waals surface area contributed by atoms with Crippen molar-refractivity contribution in [1.82, 2.24) is 15.1 Å². The first-order chi connectivity index (χ1) is 9.69. The Bertz CT molecular complexity index is 541. The maximum absolute atomic E-state index is 12.0. The number of nitrogens with zero attached hydrogens (tertiary/aromatic N) is 3. The Morgan fingerprint density at radius 3 is 2.75 bits per heavy atom. The molecule has 0 spiro atoms. The Balaban J connectivity index is 1.78. The zero-order valence-electron chi connectivity index (χ0n) is 11.2. The average molecular weight is 346 g/mol. The molecule has 1 amide bonds. The van der Waals surface area contributed by atoms with Crippen LogP contribution in [-0.4, -0.2) is 39.6 Å². The zero-order valence-corrected chi connectivity index (χ0v) is 14.5. The van der Waals surface area contributed by atoms with Gasteiger partial charge in [0.1, 0.15) is 0 Å². The van der Waals surface area contributed by atoms with Crippen LogP contribution in [0.2, 0.25) is 0 Å². The molecule has 4 nitrogen and oxygen atoms in total. The highest BCUT2D eigenvalue weighted by Gasteiger charge is 2.12. The van der Waals surface area contributed by atoms with Gasteiger partial charge in [0.05, 0.1) is 12.3 Å². The molecule has 0 fully saturated rings. The Labute approximate surface area is 135 Å². The highest BCUT2D eigenvalue weighted by atomic mass is 32.2. The van der Waals surface area contributed by atoms with Gasteiger partial charge in [0.25, 0.3) is 0 Å². The maximum atomic E-state index is 12.0. The van der Waals surface area contributed by atoms with E-state index in [9.17, 15) is 4.79 Å². The molecule has 8 heteroatoms. The lowest BCUT2D eigenvalue weighted by atomic mass is 10.4. The van der Waals surface area contributed by atoms with Gasteiger partial charge < -0.3 is 4.90 Å². The van der Waals surface area contributed by atoms with Crippen LogP contribution >= 0.6 is 46.2 Å². The monoisotopic (exact) mass is 345 g/mol. The van der Waals surface area contributed by atoms with E-state index in [1.807, 2.05) is 24.6 Å². The molecule has 0 saturated carbocycles. The summed E-state index contributed by atoms with van der Waals surface area (Å²) in [6.07, 6.45) is 0. The van der Waals surface area contributed by atoms with Crippen LogP contribution in [0.1, 0.15) is 11.8 Å². The summed E-state index contributed by atoms with van der Waals surface area (Å²) in [4.78, 5) is 15.0. The maximum Gasteiger partial charge on any atom is 0.233 e. The van der Waals surface area contributed by atoms with Gasteiger partial charge in [0.2, 0.25) is 5.91 Å². The van der Waals surface area contributed by atoms with Gasteiger partial charge in [-0.15, -0.1) is 21.5 Å².